The zero-order valence-corrected chi connectivity index (χ0v) is 15.0. The number of likely N-dealkylation sites (tertiary alicyclic amines) is 1. The van der Waals surface area contributed by atoms with Crippen molar-refractivity contribution in [1.82, 2.24) is 9.80 Å². The van der Waals surface area contributed by atoms with Gasteiger partial charge in [-0.05, 0) is 38.4 Å². The maximum absolute atomic E-state index is 12.7. The molecule has 6 heteroatoms. The predicted octanol–water partition coefficient (Wildman–Crippen LogP) is 1.54. The second-order valence-electron chi connectivity index (χ2n) is 7.00. The minimum atomic E-state index is -3.00. The molecule has 2 fully saturated rings. The molecular weight excluding hydrogens is 324 g/mol. The standard InChI is InChI=1S/C18H26N2O3S/c1-15-13-20(11-12-24(15,22)23)18(21)17-7-9-19(10-8-17)14-16-5-3-2-4-6-16/h2-6,15,17H,7-14H2,1H3. The lowest BCUT2D eigenvalue weighted by molar-refractivity contribution is -0.137. The maximum atomic E-state index is 12.7. The molecule has 0 saturated carbocycles. The van der Waals surface area contributed by atoms with E-state index in [0.29, 0.717) is 13.1 Å². The van der Waals surface area contributed by atoms with Crippen LogP contribution in [0.2, 0.25) is 0 Å². The van der Waals surface area contributed by atoms with Crippen molar-refractivity contribution in [2.24, 2.45) is 5.92 Å². The zero-order valence-electron chi connectivity index (χ0n) is 14.2. The first-order chi connectivity index (χ1) is 11.5. The SMILES string of the molecule is CC1CN(C(=O)C2CCN(Cc3ccccc3)CC2)CCS1(=O)=O. The molecule has 2 heterocycles. The van der Waals surface area contributed by atoms with Crippen molar-refractivity contribution in [2.75, 3.05) is 31.9 Å². The number of nitrogens with zero attached hydrogens (tertiary/aromatic N) is 2. The lowest BCUT2D eigenvalue weighted by atomic mass is 9.94. The Labute approximate surface area is 144 Å². The Bertz CT molecular complexity index is 667. The smallest absolute Gasteiger partial charge is 0.225 e. The van der Waals surface area contributed by atoms with Gasteiger partial charge in [-0.2, -0.15) is 0 Å². The molecule has 24 heavy (non-hydrogen) atoms. The summed E-state index contributed by atoms with van der Waals surface area (Å²) >= 11 is 0. The summed E-state index contributed by atoms with van der Waals surface area (Å²) in [6, 6.07) is 10.4. The summed E-state index contributed by atoms with van der Waals surface area (Å²) in [7, 11) is -3.00. The molecule has 2 aliphatic rings. The molecule has 0 aliphatic carbocycles. The fourth-order valence-electron chi connectivity index (χ4n) is 3.59. The van der Waals surface area contributed by atoms with E-state index < -0.39 is 15.1 Å². The van der Waals surface area contributed by atoms with Crippen molar-refractivity contribution < 1.29 is 13.2 Å². The number of sulfone groups is 1. The summed E-state index contributed by atoms with van der Waals surface area (Å²) in [5, 5.41) is -0.437. The Balaban J connectivity index is 1.50. The molecule has 3 rings (SSSR count). The Kier molecular flexibility index (Phi) is 5.25. The van der Waals surface area contributed by atoms with Gasteiger partial charge in [0.05, 0.1) is 11.0 Å². The first kappa shape index (κ1) is 17.4. The number of hydrogen-bond acceptors (Lipinski definition) is 4. The topological polar surface area (TPSA) is 57.7 Å². The largest absolute Gasteiger partial charge is 0.340 e. The Morgan fingerprint density at radius 2 is 1.79 bits per heavy atom. The first-order valence-electron chi connectivity index (χ1n) is 8.72. The number of carbonyl (C=O) groups is 1. The van der Waals surface area contributed by atoms with Gasteiger partial charge in [0.2, 0.25) is 5.91 Å². The zero-order chi connectivity index (χ0) is 17.2. The number of amides is 1. The highest BCUT2D eigenvalue weighted by atomic mass is 32.2. The van der Waals surface area contributed by atoms with Gasteiger partial charge in [0.25, 0.3) is 0 Å². The van der Waals surface area contributed by atoms with E-state index in [1.54, 1.807) is 11.8 Å². The van der Waals surface area contributed by atoms with E-state index in [1.165, 1.54) is 5.56 Å². The third-order valence-corrected chi connectivity index (χ3v) is 7.36. The van der Waals surface area contributed by atoms with Crippen molar-refractivity contribution in [3.8, 4) is 0 Å². The lowest BCUT2D eigenvalue weighted by Crippen LogP contribution is -2.51. The molecule has 1 atom stereocenters. The molecule has 2 saturated heterocycles. The second kappa shape index (κ2) is 7.23. The molecule has 2 aliphatic heterocycles. The van der Waals surface area contributed by atoms with Crippen LogP contribution in [0.5, 0.6) is 0 Å². The summed E-state index contributed by atoms with van der Waals surface area (Å²) in [6.07, 6.45) is 1.73. The van der Waals surface area contributed by atoms with Gasteiger partial charge in [-0.1, -0.05) is 30.3 Å². The predicted molar refractivity (Wildman–Crippen MR) is 94.3 cm³/mol. The van der Waals surface area contributed by atoms with Gasteiger partial charge in [0.1, 0.15) is 0 Å². The van der Waals surface area contributed by atoms with E-state index in [9.17, 15) is 13.2 Å². The Morgan fingerprint density at radius 3 is 2.42 bits per heavy atom. The first-order valence-corrected chi connectivity index (χ1v) is 10.4. The van der Waals surface area contributed by atoms with Crippen LogP contribution in [0.4, 0.5) is 0 Å². The quantitative estimate of drug-likeness (QED) is 0.830. The van der Waals surface area contributed by atoms with E-state index >= 15 is 0 Å². The molecule has 0 aromatic heterocycles. The van der Waals surface area contributed by atoms with Gasteiger partial charge in [-0.25, -0.2) is 8.42 Å². The molecule has 1 aromatic carbocycles. The van der Waals surface area contributed by atoms with Gasteiger partial charge in [0.15, 0.2) is 9.84 Å². The normalized spacial score (nSPS) is 25.5. The van der Waals surface area contributed by atoms with Crippen molar-refractivity contribution in [2.45, 2.75) is 31.6 Å². The van der Waals surface area contributed by atoms with Crippen LogP contribution in [0.15, 0.2) is 30.3 Å². The number of carbonyl (C=O) groups excluding carboxylic acids is 1. The van der Waals surface area contributed by atoms with Crippen LogP contribution in [0, 0.1) is 5.92 Å². The molecule has 1 aromatic rings. The van der Waals surface area contributed by atoms with E-state index in [0.717, 1.165) is 32.5 Å². The average Bonchev–Trinajstić information content (AvgIpc) is 2.58. The summed E-state index contributed by atoms with van der Waals surface area (Å²) in [5.74, 6) is 0.299. The molecule has 0 bridgehead atoms. The molecule has 0 N–H and O–H groups in total. The fraction of sp³-hybridized carbons (Fsp3) is 0.611. The van der Waals surface area contributed by atoms with Crippen LogP contribution in [0.1, 0.15) is 25.3 Å². The monoisotopic (exact) mass is 350 g/mol. The third-order valence-electron chi connectivity index (χ3n) is 5.23. The van der Waals surface area contributed by atoms with E-state index in [4.69, 9.17) is 0 Å². The van der Waals surface area contributed by atoms with E-state index in [-0.39, 0.29) is 17.6 Å². The van der Waals surface area contributed by atoms with Gasteiger partial charge in [-0.3, -0.25) is 9.69 Å². The van der Waals surface area contributed by atoms with Crippen molar-refractivity contribution in [1.29, 1.82) is 0 Å². The lowest BCUT2D eigenvalue weighted by Gasteiger charge is -2.37. The van der Waals surface area contributed by atoms with Crippen molar-refractivity contribution in [3.05, 3.63) is 35.9 Å². The molecular formula is C18H26N2O3S. The Hall–Kier alpha value is -1.40. The van der Waals surface area contributed by atoms with Crippen LogP contribution < -0.4 is 0 Å². The van der Waals surface area contributed by atoms with Crippen LogP contribution in [-0.4, -0.2) is 61.3 Å². The van der Waals surface area contributed by atoms with Crippen LogP contribution >= 0.6 is 0 Å². The molecule has 1 amide bonds. The van der Waals surface area contributed by atoms with E-state index in [2.05, 4.69) is 29.2 Å². The highest BCUT2D eigenvalue weighted by molar-refractivity contribution is 7.92. The fourth-order valence-corrected chi connectivity index (χ4v) is 4.88. The summed E-state index contributed by atoms with van der Waals surface area (Å²) in [4.78, 5) is 16.8. The van der Waals surface area contributed by atoms with Crippen molar-refractivity contribution in [3.63, 3.8) is 0 Å². The van der Waals surface area contributed by atoms with Gasteiger partial charge >= 0.3 is 0 Å². The number of rotatable bonds is 3. The number of piperidine rings is 1. The summed E-state index contributed by atoms with van der Waals surface area (Å²) in [6.45, 7) is 5.19. The van der Waals surface area contributed by atoms with Crippen LogP contribution in [0.3, 0.4) is 0 Å². The number of hydrogen-bond donors (Lipinski definition) is 0. The summed E-state index contributed by atoms with van der Waals surface area (Å²) < 4.78 is 23.6. The van der Waals surface area contributed by atoms with Crippen LogP contribution in [0.25, 0.3) is 0 Å². The summed E-state index contributed by atoms with van der Waals surface area (Å²) in [5.41, 5.74) is 1.30. The average molecular weight is 350 g/mol. The molecule has 0 radical (unpaired) electrons. The van der Waals surface area contributed by atoms with Gasteiger partial charge in [-0.15, -0.1) is 0 Å². The molecule has 132 valence electrons. The molecule has 0 spiro atoms. The highest BCUT2D eigenvalue weighted by Crippen LogP contribution is 2.23. The van der Waals surface area contributed by atoms with Gasteiger partial charge < -0.3 is 4.90 Å². The highest BCUT2D eigenvalue weighted by Gasteiger charge is 2.35. The number of benzene rings is 1. The third kappa shape index (κ3) is 3.98. The molecule has 5 nitrogen and oxygen atoms in total. The van der Waals surface area contributed by atoms with Crippen molar-refractivity contribution >= 4 is 15.7 Å². The minimum Gasteiger partial charge on any atom is -0.340 e. The maximum Gasteiger partial charge on any atom is 0.225 e. The second-order valence-corrected chi connectivity index (χ2v) is 9.54. The molecule has 1 unspecified atom stereocenters. The van der Waals surface area contributed by atoms with E-state index in [1.807, 2.05) is 6.07 Å². The minimum absolute atomic E-state index is 0.0463. The van der Waals surface area contributed by atoms with Gasteiger partial charge in [0, 0.05) is 25.6 Å². The Morgan fingerprint density at radius 1 is 1.12 bits per heavy atom. The van der Waals surface area contributed by atoms with Crippen LogP contribution in [-0.2, 0) is 21.2 Å².